The molecule has 6 heteroatoms. The van der Waals surface area contributed by atoms with E-state index in [4.69, 9.17) is 9.47 Å². The fourth-order valence-electron chi connectivity index (χ4n) is 3.08. The molecule has 0 radical (unpaired) electrons. The molecule has 160 valence electrons. The maximum Gasteiger partial charge on any atom is 0.259 e. The first-order chi connectivity index (χ1) is 15.0. The molecule has 6 nitrogen and oxygen atoms in total. The summed E-state index contributed by atoms with van der Waals surface area (Å²) in [5, 5.41) is 5.73. The van der Waals surface area contributed by atoms with E-state index in [1.54, 1.807) is 48.5 Å². The van der Waals surface area contributed by atoms with Gasteiger partial charge in [-0.3, -0.25) is 9.59 Å². The molecule has 0 spiro atoms. The van der Waals surface area contributed by atoms with E-state index in [2.05, 4.69) is 10.6 Å². The number of hydrogen-bond acceptors (Lipinski definition) is 4. The molecule has 0 aliphatic carbocycles. The number of aryl methyl sites for hydroxylation is 1. The second-order valence-electron chi connectivity index (χ2n) is 6.82. The molecule has 0 aromatic heterocycles. The van der Waals surface area contributed by atoms with Gasteiger partial charge in [0.1, 0.15) is 11.5 Å². The Labute approximate surface area is 182 Å². The van der Waals surface area contributed by atoms with Crippen molar-refractivity contribution in [3.63, 3.8) is 0 Å². The molecular weight excluding hydrogens is 392 g/mol. The zero-order valence-corrected chi connectivity index (χ0v) is 17.9. The molecule has 0 saturated heterocycles. The van der Waals surface area contributed by atoms with E-state index in [1.807, 2.05) is 39.0 Å². The fraction of sp³-hybridized carbons (Fsp3) is 0.200. The maximum absolute atomic E-state index is 12.8. The average molecular weight is 418 g/mol. The first kappa shape index (κ1) is 21.9. The van der Waals surface area contributed by atoms with Crippen molar-refractivity contribution in [2.24, 2.45) is 0 Å². The standard InChI is InChI=1S/C25H26N2O4/c1-4-30-20-14-15-22(23(16-20)31-5-2)25(29)27-19-12-10-18(11-13-19)26-24(28)21-9-7-6-8-17(21)3/h6-16H,4-5H2,1-3H3,(H,26,28)(H,27,29). The average Bonchev–Trinajstić information content (AvgIpc) is 2.76. The third-order valence-corrected chi connectivity index (χ3v) is 4.60. The number of anilines is 2. The van der Waals surface area contributed by atoms with Gasteiger partial charge in [-0.25, -0.2) is 0 Å². The van der Waals surface area contributed by atoms with Crippen molar-refractivity contribution in [1.29, 1.82) is 0 Å². The minimum Gasteiger partial charge on any atom is -0.494 e. The van der Waals surface area contributed by atoms with Crippen LogP contribution in [-0.2, 0) is 0 Å². The van der Waals surface area contributed by atoms with E-state index in [-0.39, 0.29) is 11.8 Å². The predicted molar refractivity (Wildman–Crippen MR) is 122 cm³/mol. The van der Waals surface area contributed by atoms with Gasteiger partial charge < -0.3 is 20.1 Å². The Bertz CT molecular complexity index is 1060. The summed E-state index contributed by atoms with van der Waals surface area (Å²) in [5.41, 5.74) is 3.20. The summed E-state index contributed by atoms with van der Waals surface area (Å²) < 4.78 is 11.1. The number of carbonyl (C=O) groups is 2. The topological polar surface area (TPSA) is 76.7 Å². The first-order valence-corrected chi connectivity index (χ1v) is 10.2. The molecule has 0 aliphatic heterocycles. The molecule has 0 aliphatic rings. The molecule has 3 rings (SSSR count). The zero-order chi connectivity index (χ0) is 22.2. The highest BCUT2D eigenvalue weighted by Gasteiger charge is 2.15. The lowest BCUT2D eigenvalue weighted by Crippen LogP contribution is -2.15. The predicted octanol–water partition coefficient (Wildman–Crippen LogP) is 5.30. The van der Waals surface area contributed by atoms with Gasteiger partial charge in [0.05, 0.1) is 18.8 Å². The van der Waals surface area contributed by atoms with Crippen LogP contribution in [0.4, 0.5) is 11.4 Å². The quantitative estimate of drug-likeness (QED) is 0.521. The number of benzene rings is 3. The van der Waals surface area contributed by atoms with Crippen molar-refractivity contribution in [2.45, 2.75) is 20.8 Å². The van der Waals surface area contributed by atoms with Gasteiger partial charge in [0.15, 0.2) is 0 Å². The summed E-state index contributed by atoms with van der Waals surface area (Å²) in [7, 11) is 0. The minimum absolute atomic E-state index is 0.175. The van der Waals surface area contributed by atoms with Crippen LogP contribution in [0.15, 0.2) is 66.7 Å². The largest absolute Gasteiger partial charge is 0.494 e. The van der Waals surface area contributed by atoms with E-state index in [9.17, 15) is 9.59 Å². The molecule has 0 saturated carbocycles. The Kier molecular flexibility index (Phi) is 7.27. The van der Waals surface area contributed by atoms with Gasteiger partial charge in [0.2, 0.25) is 0 Å². The van der Waals surface area contributed by atoms with Crippen molar-refractivity contribution >= 4 is 23.2 Å². The smallest absolute Gasteiger partial charge is 0.259 e. The number of amides is 2. The second kappa shape index (κ2) is 10.3. The highest BCUT2D eigenvalue weighted by Crippen LogP contribution is 2.26. The Morgan fingerprint density at radius 3 is 1.90 bits per heavy atom. The lowest BCUT2D eigenvalue weighted by Gasteiger charge is -2.13. The van der Waals surface area contributed by atoms with Crippen LogP contribution in [0, 0.1) is 6.92 Å². The summed E-state index contributed by atoms with van der Waals surface area (Å²) in [5.74, 6) is 0.651. The summed E-state index contributed by atoms with van der Waals surface area (Å²) in [4.78, 5) is 25.2. The van der Waals surface area contributed by atoms with Gasteiger partial charge in [-0.1, -0.05) is 18.2 Å². The third-order valence-electron chi connectivity index (χ3n) is 4.60. The van der Waals surface area contributed by atoms with Crippen LogP contribution in [0.2, 0.25) is 0 Å². The number of rotatable bonds is 8. The number of ether oxygens (including phenoxy) is 2. The van der Waals surface area contributed by atoms with Gasteiger partial charge in [-0.15, -0.1) is 0 Å². The molecule has 0 heterocycles. The monoisotopic (exact) mass is 418 g/mol. The summed E-state index contributed by atoms with van der Waals surface area (Å²) in [6.45, 7) is 6.62. The Hall–Kier alpha value is -3.80. The van der Waals surface area contributed by atoms with Crippen molar-refractivity contribution in [3.05, 3.63) is 83.4 Å². The van der Waals surface area contributed by atoms with E-state index in [0.29, 0.717) is 47.2 Å². The fourth-order valence-corrected chi connectivity index (χ4v) is 3.08. The maximum atomic E-state index is 12.8. The molecule has 2 amide bonds. The second-order valence-corrected chi connectivity index (χ2v) is 6.82. The van der Waals surface area contributed by atoms with Gasteiger partial charge in [0.25, 0.3) is 11.8 Å². The lowest BCUT2D eigenvalue weighted by molar-refractivity contribution is 0.101. The van der Waals surface area contributed by atoms with E-state index >= 15 is 0 Å². The Morgan fingerprint density at radius 1 is 0.742 bits per heavy atom. The van der Waals surface area contributed by atoms with Crippen molar-refractivity contribution < 1.29 is 19.1 Å². The Balaban J connectivity index is 1.69. The van der Waals surface area contributed by atoms with E-state index in [1.165, 1.54) is 0 Å². The van der Waals surface area contributed by atoms with E-state index in [0.717, 1.165) is 5.56 Å². The number of hydrogen-bond donors (Lipinski definition) is 2. The first-order valence-electron chi connectivity index (χ1n) is 10.2. The molecule has 0 unspecified atom stereocenters. The van der Waals surface area contributed by atoms with Crippen LogP contribution in [-0.4, -0.2) is 25.0 Å². The van der Waals surface area contributed by atoms with Crippen molar-refractivity contribution in [1.82, 2.24) is 0 Å². The van der Waals surface area contributed by atoms with Crippen LogP contribution >= 0.6 is 0 Å². The Morgan fingerprint density at radius 2 is 1.32 bits per heavy atom. The summed E-state index contributed by atoms with van der Waals surface area (Å²) in [6, 6.07) is 19.5. The number of nitrogens with one attached hydrogen (secondary N) is 2. The van der Waals surface area contributed by atoms with Gasteiger partial charge >= 0.3 is 0 Å². The minimum atomic E-state index is -0.289. The van der Waals surface area contributed by atoms with Crippen molar-refractivity contribution in [3.8, 4) is 11.5 Å². The van der Waals surface area contributed by atoms with Crippen LogP contribution in [0.3, 0.4) is 0 Å². The molecule has 31 heavy (non-hydrogen) atoms. The highest BCUT2D eigenvalue weighted by atomic mass is 16.5. The third kappa shape index (κ3) is 5.63. The summed E-state index contributed by atoms with van der Waals surface area (Å²) >= 11 is 0. The molecule has 3 aromatic carbocycles. The van der Waals surface area contributed by atoms with Gasteiger partial charge in [-0.05, 0) is 68.8 Å². The zero-order valence-electron chi connectivity index (χ0n) is 17.9. The van der Waals surface area contributed by atoms with Crippen LogP contribution < -0.4 is 20.1 Å². The molecule has 0 atom stereocenters. The van der Waals surface area contributed by atoms with E-state index < -0.39 is 0 Å². The molecule has 2 N–H and O–H groups in total. The normalized spacial score (nSPS) is 10.3. The highest BCUT2D eigenvalue weighted by molar-refractivity contribution is 6.07. The van der Waals surface area contributed by atoms with Crippen molar-refractivity contribution in [2.75, 3.05) is 23.8 Å². The SMILES string of the molecule is CCOc1ccc(C(=O)Nc2ccc(NC(=O)c3ccccc3C)cc2)c(OCC)c1. The van der Waals surface area contributed by atoms with Crippen LogP contribution in [0.5, 0.6) is 11.5 Å². The summed E-state index contributed by atoms with van der Waals surface area (Å²) in [6.07, 6.45) is 0. The number of carbonyl (C=O) groups excluding carboxylic acids is 2. The van der Waals surface area contributed by atoms with Gasteiger partial charge in [0, 0.05) is 23.0 Å². The van der Waals surface area contributed by atoms with Crippen LogP contribution in [0.25, 0.3) is 0 Å². The molecule has 0 bridgehead atoms. The van der Waals surface area contributed by atoms with Crippen LogP contribution in [0.1, 0.15) is 40.1 Å². The molecular formula is C25H26N2O4. The molecule has 0 fully saturated rings. The van der Waals surface area contributed by atoms with Gasteiger partial charge in [-0.2, -0.15) is 0 Å². The lowest BCUT2D eigenvalue weighted by atomic mass is 10.1. The molecule has 3 aromatic rings.